The normalized spacial score (nSPS) is 24.3. The molecule has 3 aromatic rings. The summed E-state index contributed by atoms with van der Waals surface area (Å²) in [6.07, 6.45) is 8.04. The molecule has 1 aromatic heterocycles. The SMILES string of the molecule is COC(=O)N[C@H]1CCC[C@@H]1C(CN1CCC1)(c1cccc(F)c1)C1CCN(CC2(F)CN(c3ccc(S(=O)(=O)c4cnn(C)c4)cc3)C2)CC1. The molecule has 1 N–H and O–H groups in total. The van der Waals surface area contributed by atoms with Gasteiger partial charge in [0.1, 0.15) is 10.7 Å². The van der Waals surface area contributed by atoms with Crippen LogP contribution in [0.5, 0.6) is 0 Å². The summed E-state index contributed by atoms with van der Waals surface area (Å²) in [4.78, 5) is 19.4. The van der Waals surface area contributed by atoms with Gasteiger partial charge in [0.05, 0.1) is 31.3 Å². The lowest BCUT2D eigenvalue weighted by molar-refractivity contribution is 0.00584. The predicted molar refractivity (Wildman–Crippen MR) is 186 cm³/mol. The Morgan fingerprint density at radius 2 is 1.74 bits per heavy atom. The van der Waals surface area contributed by atoms with Crippen molar-refractivity contribution >= 4 is 21.6 Å². The van der Waals surface area contributed by atoms with Gasteiger partial charge in [-0.3, -0.25) is 9.58 Å². The molecule has 0 bridgehead atoms. The van der Waals surface area contributed by atoms with Crippen molar-refractivity contribution in [2.75, 3.05) is 64.4 Å². The first-order chi connectivity index (χ1) is 24.0. The van der Waals surface area contributed by atoms with Crippen LogP contribution in [0.2, 0.25) is 0 Å². The summed E-state index contributed by atoms with van der Waals surface area (Å²) in [6.45, 7) is 5.16. The Balaban J connectivity index is 1.03. The van der Waals surface area contributed by atoms with E-state index in [2.05, 4.69) is 26.3 Å². The van der Waals surface area contributed by atoms with E-state index in [0.29, 0.717) is 6.54 Å². The number of sulfone groups is 1. The summed E-state index contributed by atoms with van der Waals surface area (Å²) in [5, 5.41) is 7.11. The maximum Gasteiger partial charge on any atom is 0.407 e. The minimum Gasteiger partial charge on any atom is -0.453 e. The van der Waals surface area contributed by atoms with Crippen LogP contribution in [0.4, 0.5) is 19.3 Å². The summed E-state index contributed by atoms with van der Waals surface area (Å²) < 4.78 is 63.5. The molecular formula is C37H48F2N6O4S. The number of alkyl halides is 1. The van der Waals surface area contributed by atoms with Crippen LogP contribution >= 0.6 is 0 Å². The van der Waals surface area contributed by atoms with E-state index in [1.54, 1.807) is 37.4 Å². The summed E-state index contributed by atoms with van der Waals surface area (Å²) in [5.41, 5.74) is 0.0570. The third kappa shape index (κ3) is 6.76. The van der Waals surface area contributed by atoms with Crippen LogP contribution in [0.25, 0.3) is 0 Å². The monoisotopic (exact) mass is 710 g/mol. The van der Waals surface area contributed by atoms with Crippen molar-refractivity contribution in [3.05, 3.63) is 72.3 Å². The number of anilines is 1. The fourth-order valence-electron chi connectivity index (χ4n) is 9.17. The van der Waals surface area contributed by atoms with E-state index < -0.39 is 21.6 Å². The predicted octanol–water partition coefficient (Wildman–Crippen LogP) is 4.80. The van der Waals surface area contributed by atoms with Gasteiger partial charge in [-0.1, -0.05) is 18.6 Å². The molecule has 3 saturated heterocycles. The fourth-order valence-corrected chi connectivity index (χ4v) is 10.4. The number of hydrogen-bond donors (Lipinski definition) is 1. The lowest BCUT2D eigenvalue weighted by Crippen LogP contribution is -2.65. The third-order valence-electron chi connectivity index (χ3n) is 11.7. The van der Waals surface area contributed by atoms with Crippen LogP contribution in [0, 0.1) is 17.7 Å². The number of likely N-dealkylation sites (tertiary alicyclic amines) is 2. The summed E-state index contributed by atoms with van der Waals surface area (Å²) in [6, 6.07) is 13.6. The molecule has 10 nitrogen and oxygen atoms in total. The maximum absolute atomic E-state index is 16.1. The fraction of sp³-hybridized carbons (Fsp3) is 0.568. The number of ether oxygens (including phenoxy) is 1. The minimum atomic E-state index is -3.67. The standard InChI is InChI=1S/C37H48F2N6O4S/c1-42-22-32(21-40-42)50(47,48)31-12-10-30(11-13-31)45-24-36(39,25-45)23-44-18-14-27(15-19-44)37(26-43-16-5-17-43,28-6-3-7-29(38)20-28)33-8-4-9-34(33)41-35(46)49-2/h3,6-7,10-13,20-22,27,33-34H,4-5,8-9,14-19,23-26H2,1-2H3,(H,41,46)/t33-,34-,37?/m0/s1. The highest BCUT2D eigenvalue weighted by Crippen LogP contribution is 2.51. The number of carbonyl (C=O) groups is 1. The van der Waals surface area contributed by atoms with E-state index in [4.69, 9.17) is 4.74 Å². The Morgan fingerprint density at radius 1 is 1.00 bits per heavy atom. The quantitative estimate of drug-likeness (QED) is 0.303. The van der Waals surface area contributed by atoms with Gasteiger partial charge in [0, 0.05) is 43.5 Å². The molecule has 0 radical (unpaired) electrons. The molecule has 1 aliphatic carbocycles. The summed E-state index contributed by atoms with van der Waals surface area (Å²) in [5.74, 6) is 0.113. The number of aryl methyl sites for hydroxylation is 1. The molecule has 2 aromatic carbocycles. The van der Waals surface area contributed by atoms with Crippen LogP contribution < -0.4 is 10.2 Å². The van der Waals surface area contributed by atoms with Gasteiger partial charge in [-0.2, -0.15) is 5.10 Å². The highest BCUT2D eigenvalue weighted by molar-refractivity contribution is 7.91. The Kier molecular flexibility index (Phi) is 9.68. The number of nitrogens with one attached hydrogen (secondary N) is 1. The van der Waals surface area contributed by atoms with E-state index in [1.807, 2.05) is 11.0 Å². The van der Waals surface area contributed by atoms with Gasteiger partial charge in [0.2, 0.25) is 9.84 Å². The number of rotatable bonds is 11. The number of benzene rings is 2. The number of carbonyl (C=O) groups excluding carboxylic acids is 1. The van der Waals surface area contributed by atoms with Crippen LogP contribution in [0.3, 0.4) is 0 Å². The molecule has 270 valence electrons. The average Bonchev–Trinajstić information content (AvgIpc) is 3.73. The number of hydrogen-bond acceptors (Lipinski definition) is 8. The van der Waals surface area contributed by atoms with Gasteiger partial charge in [-0.25, -0.2) is 22.0 Å². The van der Waals surface area contributed by atoms with Crippen LogP contribution in [-0.2, 0) is 27.0 Å². The molecule has 3 atom stereocenters. The van der Waals surface area contributed by atoms with Crippen molar-refractivity contribution in [3.63, 3.8) is 0 Å². The molecule has 1 unspecified atom stereocenters. The molecule has 3 aliphatic heterocycles. The van der Waals surface area contributed by atoms with Crippen molar-refractivity contribution in [3.8, 4) is 0 Å². The largest absolute Gasteiger partial charge is 0.453 e. The van der Waals surface area contributed by atoms with Crippen molar-refractivity contribution in [1.82, 2.24) is 24.9 Å². The number of methoxy groups -OCH3 is 1. The van der Waals surface area contributed by atoms with Gasteiger partial charge < -0.3 is 19.9 Å². The van der Waals surface area contributed by atoms with Gasteiger partial charge in [0.15, 0.2) is 5.67 Å². The molecule has 50 heavy (non-hydrogen) atoms. The molecule has 4 fully saturated rings. The second-order valence-corrected chi connectivity index (χ2v) is 16.8. The Labute approximate surface area is 293 Å². The number of aromatic nitrogens is 2. The zero-order valence-electron chi connectivity index (χ0n) is 28.9. The van der Waals surface area contributed by atoms with E-state index in [-0.39, 0.29) is 52.0 Å². The summed E-state index contributed by atoms with van der Waals surface area (Å²) >= 11 is 0. The first-order valence-corrected chi connectivity index (χ1v) is 19.3. The molecule has 1 amide bonds. The molecule has 1 saturated carbocycles. The lowest BCUT2D eigenvalue weighted by atomic mass is 9.57. The van der Waals surface area contributed by atoms with Gasteiger partial charge in [-0.15, -0.1) is 0 Å². The lowest BCUT2D eigenvalue weighted by Gasteiger charge is -2.54. The number of nitrogens with zero attached hydrogens (tertiary/aromatic N) is 5. The first kappa shape index (κ1) is 34.9. The molecule has 4 heterocycles. The number of piperidine rings is 1. The topological polar surface area (TPSA) is 100 Å². The molecule has 4 aliphatic rings. The number of halogens is 2. The van der Waals surface area contributed by atoms with Crippen molar-refractivity contribution in [1.29, 1.82) is 0 Å². The van der Waals surface area contributed by atoms with Crippen molar-refractivity contribution in [2.45, 2.75) is 65.4 Å². The second-order valence-electron chi connectivity index (χ2n) is 14.9. The summed E-state index contributed by atoms with van der Waals surface area (Å²) in [7, 11) is -0.614. The molecule has 0 spiro atoms. The maximum atomic E-state index is 16.1. The average molecular weight is 711 g/mol. The number of alkyl carbamates (subject to hydrolysis) is 1. The smallest absolute Gasteiger partial charge is 0.407 e. The Morgan fingerprint density at radius 3 is 2.36 bits per heavy atom. The molecule has 7 rings (SSSR count). The molecule has 13 heteroatoms. The van der Waals surface area contributed by atoms with E-state index in [0.717, 1.165) is 82.5 Å². The Bertz CT molecular complexity index is 1770. The Hall–Kier alpha value is -3.55. The van der Waals surface area contributed by atoms with E-state index >= 15 is 4.39 Å². The zero-order chi connectivity index (χ0) is 35.1. The highest BCUT2D eigenvalue weighted by Gasteiger charge is 2.54. The second kappa shape index (κ2) is 13.9. The van der Waals surface area contributed by atoms with Gasteiger partial charge in [0.25, 0.3) is 0 Å². The highest BCUT2D eigenvalue weighted by atomic mass is 32.2. The van der Waals surface area contributed by atoms with Crippen LogP contribution in [0.1, 0.15) is 44.1 Å². The van der Waals surface area contributed by atoms with Crippen molar-refractivity contribution < 1.29 is 26.7 Å². The van der Waals surface area contributed by atoms with Gasteiger partial charge >= 0.3 is 6.09 Å². The van der Waals surface area contributed by atoms with E-state index in [9.17, 15) is 17.6 Å². The van der Waals surface area contributed by atoms with Gasteiger partial charge in [-0.05, 0) is 112 Å². The number of amides is 1. The molecular weight excluding hydrogens is 663 g/mol. The van der Waals surface area contributed by atoms with Crippen LogP contribution in [-0.4, -0.2) is 105 Å². The zero-order valence-corrected chi connectivity index (χ0v) is 29.8. The first-order valence-electron chi connectivity index (χ1n) is 17.8. The minimum absolute atomic E-state index is 0.0652. The van der Waals surface area contributed by atoms with Crippen LogP contribution in [0.15, 0.2) is 70.7 Å². The van der Waals surface area contributed by atoms with Crippen molar-refractivity contribution in [2.24, 2.45) is 18.9 Å². The van der Waals surface area contributed by atoms with E-state index in [1.165, 1.54) is 30.3 Å². The third-order valence-corrected chi connectivity index (χ3v) is 13.5.